The highest BCUT2D eigenvalue weighted by molar-refractivity contribution is 7.18. The first-order valence-corrected chi connectivity index (χ1v) is 8.02. The van der Waals surface area contributed by atoms with E-state index in [0.717, 1.165) is 35.5 Å². The van der Waals surface area contributed by atoms with Crippen LogP contribution in [0, 0.1) is 5.92 Å². The van der Waals surface area contributed by atoms with Gasteiger partial charge < -0.3 is 9.42 Å². The van der Waals surface area contributed by atoms with E-state index in [0.29, 0.717) is 23.2 Å². The number of aromatic nitrogens is 3. The van der Waals surface area contributed by atoms with Gasteiger partial charge in [0, 0.05) is 12.6 Å². The molecule has 0 atom stereocenters. The first-order valence-electron chi connectivity index (χ1n) is 7.20. The van der Waals surface area contributed by atoms with Crippen molar-refractivity contribution in [2.75, 3.05) is 18.4 Å². The van der Waals surface area contributed by atoms with E-state index in [1.54, 1.807) is 6.07 Å². The Morgan fingerprint density at radius 2 is 2.30 bits per heavy atom. The number of rotatable bonds is 6. The van der Waals surface area contributed by atoms with Crippen molar-refractivity contribution in [3.8, 4) is 10.7 Å². The molecule has 0 radical (unpaired) electrons. The highest BCUT2D eigenvalue weighted by Crippen LogP contribution is 2.28. The minimum atomic E-state index is -2.57. The van der Waals surface area contributed by atoms with Gasteiger partial charge in [-0.05, 0) is 18.8 Å². The highest BCUT2D eigenvalue weighted by Gasteiger charge is 2.26. The second-order valence-electron chi connectivity index (χ2n) is 5.32. The number of halogens is 2. The number of carbonyl (C=O) groups is 1. The van der Waals surface area contributed by atoms with Crippen LogP contribution in [0.4, 0.5) is 18.7 Å². The lowest BCUT2D eigenvalue weighted by Gasteiger charge is -2.32. The second-order valence-corrected chi connectivity index (χ2v) is 6.30. The molecule has 23 heavy (non-hydrogen) atoms. The van der Waals surface area contributed by atoms with Crippen LogP contribution >= 0.6 is 11.3 Å². The molecule has 1 fully saturated rings. The number of amides is 2. The summed E-state index contributed by atoms with van der Waals surface area (Å²) in [4.78, 5) is 13.4. The number of hydrogen-bond donors (Lipinski definition) is 1. The lowest BCUT2D eigenvalue weighted by Crippen LogP contribution is -2.42. The SMILES string of the molecule is O=C(Nc1nnc(-c2ccon2)s1)N(CC(F)F)CC1CCC1. The fourth-order valence-electron chi connectivity index (χ4n) is 2.26. The summed E-state index contributed by atoms with van der Waals surface area (Å²) < 4.78 is 30.1. The predicted octanol–water partition coefficient (Wildman–Crippen LogP) is 3.09. The number of anilines is 1. The van der Waals surface area contributed by atoms with Gasteiger partial charge >= 0.3 is 6.03 Å². The maximum atomic E-state index is 12.7. The first-order chi connectivity index (χ1) is 11.1. The summed E-state index contributed by atoms with van der Waals surface area (Å²) in [5, 5.41) is 14.7. The van der Waals surface area contributed by atoms with Crippen molar-refractivity contribution in [3.63, 3.8) is 0 Å². The van der Waals surface area contributed by atoms with E-state index in [2.05, 4.69) is 20.7 Å². The van der Waals surface area contributed by atoms with Gasteiger partial charge in [-0.3, -0.25) is 5.32 Å². The summed E-state index contributed by atoms with van der Waals surface area (Å²) in [7, 11) is 0. The third-order valence-corrected chi connectivity index (χ3v) is 4.51. The van der Waals surface area contributed by atoms with Gasteiger partial charge in [0.05, 0.1) is 6.54 Å². The Bertz CT molecular complexity index is 645. The van der Waals surface area contributed by atoms with E-state index >= 15 is 0 Å². The van der Waals surface area contributed by atoms with Gasteiger partial charge in [-0.1, -0.05) is 22.9 Å². The van der Waals surface area contributed by atoms with Crippen LogP contribution in [0.3, 0.4) is 0 Å². The summed E-state index contributed by atoms with van der Waals surface area (Å²) in [6.07, 6.45) is 1.87. The van der Waals surface area contributed by atoms with Gasteiger partial charge in [0.25, 0.3) is 6.43 Å². The van der Waals surface area contributed by atoms with Crippen LogP contribution < -0.4 is 5.32 Å². The smallest absolute Gasteiger partial charge is 0.323 e. The molecule has 124 valence electrons. The average Bonchev–Trinajstić information content (AvgIpc) is 3.11. The molecule has 2 aromatic rings. The molecule has 2 aromatic heterocycles. The summed E-state index contributed by atoms with van der Waals surface area (Å²) in [6.45, 7) is -0.248. The Hall–Kier alpha value is -2.10. The molecule has 1 N–H and O–H groups in total. The van der Waals surface area contributed by atoms with E-state index in [1.807, 2.05) is 0 Å². The van der Waals surface area contributed by atoms with Gasteiger partial charge in [0.15, 0.2) is 5.01 Å². The minimum absolute atomic E-state index is 0.237. The standard InChI is InChI=1S/C13H15F2N5O2S/c14-10(15)7-20(6-8-2-1-3-8)13(21)16-12-18-17-11(23-12)9-4-5-22-19-9/h4-5,8,10H,1-3,6-7H2,(H,16,18,21). The summed E-state index contributed by atoms with van der Waals surface area (Å²) >= 11 is 1.10. The summed E-state index contributed by atoms with van der Waals surface area (Å²) in [5.74, 6) is 0.305. The largest absolute Gasteiger partial charge is 0.364 e. The molecular formula is C13H15F2N5O2S. The molecule has 0 aliphatic heterocycles. The zero-order valence-corrected chi connectivity index (χ0v) is 12.9. The normalized spacial score (nSPS) is 14.7. The van der Waals surface area contributed by atoms with Crippen molar-refractivity contribution < 1.29 is 18.1 Å². The first kappa shape index (κ1) is 15.8. The summed E-state index contributed by atoms with van der Waals surface area (Å²) in [5.41, 5.74) is 0.502. The molecule has 0 bridgehead atoms. The maximum absolute atomic E-state index is 12.7. The van der Waals surface area contributed by atoms with Gasteiger partial charge in [0.2, 0.25) is 5.13 Å². The zero-order chi connectivity index (χ0) is 16.2. The van der Waals surface area contributed by atoms with Crippen LogP contribution in [0.1, 0.15) is 19.3 Å². The van der Waals surface area contributed by atoms with Crippen molar-refractivity contribution >= 4 is 22.5 Å². The fourth-order valence-corrected chi connectivity index (χ4v) is 2.96. The Morgan fingerprint density at radius 1 is 1.48 bits per heavy atom. The lowest BCUT2D eigenvalue weighted by atomic mass is 9.85. The van der Waals surface area contributed by atoms with Crippen molar-refractivity contribution in [2.24, 2.45) is 5.92 Å². The highest BCUT2D eigenvalue weighted by atomic mass is 32.1. The summed E-state index contributed by atoms with van der Waals surface area (Å²) in [6, 6.07) is 1.03. The molecule has 7 nitrogen and oxygen atoms in total. The number of hydrogen-bond acceptors (Lipinski definition) is 6. The topological polar surface area (TPSA) is 84.2 Å². The average molecular weight is 343 g/mol. The number of carbonyl (C=O) groups excluding carboxylic acids is 1. The fraction of sp³-hybridized carbons (Fsp3) is 0.538. The van der Waals surface area contributed by atoms with E-state index in [9.17, 15) is 13.6 Å². The number of nitrogens with one attached hydrogen (secondary N) is 1. The van der Waals surface area contributed by atoms with E-state index < -0.39 is 19.0 Å². The van der Waals surface area contributed by atoms with Gasteiger partial charge in [-0.15, -0.1) is 10.2 Å². The van der Waals surface area contributed by atoms with Crippen LogP contribution in [0.5, 0.6) is 0 Å². The van der Waals surface area contributed by atoms with Crippen LogP contribution in [-0.4, -0.2) is 45.8 Å². The molecule has 1 aliphatic carbocycles. The Morgan fingerprint density at radius 3 is 2.91 bits per heavy atom. The Kier molecular flexibility index (Phi) is 4.79. The molecular weight excluding hydrogens is 328 g/mol. The number of nitrogens with zero attached hydrogens (tertiary/aromatic N) is 4. The second kappa shape index (κ2) is 6.99. The van der Waals surface area contributed by atoms with Gasteiger partial charge in [-0.2, -0.15) is 0 Å². The Balaban J connectivity index is 1.63. The van der Waals surface area contributed by atoms with Crippen LogP contribution in [0.25, 0.3) is 10.7 Å². The Labute approximate surface area is 134 Å². The van der Waals surface area contributed by atoms with Crippen molar-refractivity contribution in [3.05, 3.63) is 12.3 Å². The minimum Gasteiger partial charge on any atom is -0.364 e. The lowest BCUT2D eigenvalue weighted by molar-refractivity contribution is 0.0883. The van der Waals surface area contributed by atoms with Crippen molar-refractivity contribution in [1.82, 2.24) is 20.3 Å². The molecule has 0 saturated heterocycles. The van der Waals surface area contributed by atoms with E-state index in [1.165, 1.54) is 6.26 Å². The van der Waals surface area contributed by atoms with Crippen LogP contribution in [0.15, 0.2) is 16.9 Å². The molecule has 2 amide bonds. The predicted molar refractivity (Wildman–Crippen MR) is 79.3 cm³/mol. The maximum Gasteiger partial charge on any atom is 0.323 e. The molecule has 10 heteroatoms. The van der Waals surface area contributed by atoms with Crippen molar-refractivity contribution in [2.45, 2.75) is 25.7 Å². The third-order valence-electron chi connectivity index (χ3n) is 3.64. The molecule has 0 spiro atoms. The third kappa shape index (κ3) is 4.01. The molecule has 3 rings (SSSR count). The molecule has 1 aliphatic rings. The van der Waals surface area contributed by atoms with Crippen LogP contribution in [-0.2, 0) is 0 Å². The molecule has 2 heterocycles. The quantitative estimate of drug-likeness (QED) is 0.871. The number of urea groups is 1. The molecule has 0 unspecified atom stereocenters. The van der Waals surface area contributed by atoms with E-state index in [-0.39, 0.29) is 5.13 Å². The molecule has 0 aromatic carbocycles. The monoisotopic (exact) mass is 343 g/mol. The van der Waals surface area contributed by atoms with Gasteiger partial charge in [0.1, 0.15) is 12.0 Å². The number of alkyl halides is 2. The van der Waals surface area contributed by atoms with Crippen LogP contribution in [0.2, 0.25) is 0 Å². The van der Waals surface area contributed by atoms with Crippen molar-refractivity contribution in [1.29, 1.82) is 0 Å². The van der Waals surface area contributed by atoms with Gasteiger partial charge in [-0.25, -0.2) is 13.6 Å². The zero-order valence-electron chi connectivity index (χ0n) is 12.1. The van der Waals surface area contributed by atoms with E-state index in [4.69, 9.17) is 4.52 Å². The molecule has 1 saturated carbocycles.